The zero-order valence-electron chi connectivity index (χ0n) is 12.1. The highest BCUT2D eigenvalue weighted by Gasteiger charge is 2.23. The lowest BCUT2D eigenvalue weighted by Gasteiger charge is -2.33. The predicted molar refractivity (Wildman–Crippen MR) is 77.6 cm³/mol. The lowest BCUT2D eigenvalue weighted by molar-refractivity contribution is 0.276. The summed E-state index contributed by atoms with van der Waals surface area (Å²) in [6, 6.07) is 2.10. The van der Waals surface area contributed by atoms with E-state index >= 15 is 0 Å². The summed E-state index contributed by atoms with van der Waals surface area (Å²) in [5.74, 6) is 1.06. The lowest BCUT2D eigenvalue weighted by atomic mass is 9.98. The standard InChI is InChI=1S/C14H17N7O/c15-6-13-14(17-4-3-16-13)20-5-1-2-11(7-20)8-21-9-12(10-22)18-19-21/h3-4,9,11,22H,1-2,5,7-8,10H2. The SMILES string of the molecule is N#Cc1nccnc1N1CCCC(Cn2cc(CO)nn2)C1. The molecule has 22 heavy (non-hydrogen) atoms. The van der Waals surface area contributed by atoms with Gasteiger partial charge in [-0.3, -0.25) is 4.68 Å². The van der Waals surface area contributed by atoms with Crippen LogP contribution in [0.15, 0.2) is 18.6 Å². The second-order valence-electron chi connectivity index (χ2n) is 5.38. The quantitative estimate of drug-likeness (QED) is 0.868. The van der Waals surface area contributed by atoms with Gasteiger partial charge in [-0.1, -0.05) is 5.21 Å². The van der Waals surface area contributed by atoms with E-state index in [1.807, 2.05) is 0 Å². The number of nitrogens with zero attached hydrogens (tertiary/aromatic N) is 7. The molecule has 8 nitrogen and oxygen atoms in total. The first-order chi connectivity index (χ1) is 10.8. The van der Waals surface area contributed by atoms with Crippen molar-refractivity contribution in [1.29, 1.82) is 5.26 Å². The first kappa shape index (κ1) is 14.4. The molecule has 2 aromatic heterocycles. The number of rotatable bonds is 4. The first-order valence-electron chi connectivity index (χ1n) is 7.26. The van der Waals surface area contributed by atoms with Crippen LogP contribution in [0.2, 0.25) is 0 Å². The number of hydrogen-bond donors (Lipinski definition) is 1. The number of aliphatic hydroxyl groups is 1. The predicted octanol–water partition coefficient (Wildman–Crippen LogP) is 0.349. The Balaban J connectivity index is 1.70. The van der Waals surface area contributed by atoms with Crippen molar-refractivity contribution in [2.24, 2.45) is 5.92 Å². The third-order valence-electron chi connectivity index (χ3n) is 3.80. The first-order valence-corrected chi connectivity index (χ1v) is 7.26. The van der Waals surface area contributed by atoms with E-state index in [4.69, 9.17) is 10.4 Å². The molecule has 1 aliphatic rings. The van der Waals surface area contributed by atoms with E-state index in [0.717, 1.165) is 32.5 Å². The zero-order valence-corrected chi connectivity index (χ0v) is 12.1. The molecule has 2 aromatic rings. The van der Waals surface area contributed by atoms with Crippen LogP contribution in [0.1, 0.15) is 24.2 Å². The number of aromatic nitrogens is 5. The second kappa shape index (κ2) is 6.49. The molecular formula is C14H17N7O. The molecule has 0 aliphatic carbocycles. The molecule has 1 saturated heterocycles. The van der Waals surface area contributed by atoms with Gasteiger partial charge in [0.25, 0.3) is 0 Å². The van der Waals surface area contributed by atoms with Crippen molar-refractivity contribution in [3.63, 3.8) is 0 Å². The van der Waals surface area contributed by atoms with Crippen molar-refractivity contribution >= 4 is 5.82 Å². The minimum atomic E-state index is -0.0953. The van der Waals surface area contributed by atoms with Crippen LogP contribution in [-0.4, -0.2) is 43.2 Å². The van der Waals surface area contributed by atoms with Crippen molar-refractivity contribution in [2.75, 3.05) is 18.0 Å². The van der Waals surface area contributed by atoms with Crippen LogP contribution < -0.4 is 4.90 Å². The van der Waals surface area contributed by atoms with Crippen molar-refractivity contribution in [1.82, 2.24) is 25.0 Å². The van der Waals surface area contributed by atoms with E-state index in [0.29, 0.717) is 23.1 Å². The molecule has 1 fully saturated rings. The van der Waals surface area contributed by atoms with Crippen molar-refractivity contribution < 1.29 is 5.11 Å². The molecule has 1 N–H and O–H groups in total. The fourth-order valence-corrected chi connectivity index (χ4v) is 2.81. The number of aliphatic hydroxyl groups excluding tert-OH is 1. The van der Waals surface area contributed by atoms with Crippen LogP contribution in [0.3, 0.4) is 0 Å². The van der Waals surface area contributed by atoms with E-state index in [1.54, 1.807) is 17.1 Å². The van der Waals surface area contributed by atoms with E-state index in [-0.39, 0.29) is 6.61 Å². The Hall–Kier alpha value is -2.53. The Morgan fingerprint density at radius 2 is 2.23 bits per heavy atom. The average molecular weight is 299 g/mol. The van der Waals surface area contributed by atoms with Crippen LogP contribution in [0.25, 0.3) is 0 Å². The Kier molecular flexibility index (Phi) is 4.25. The molecule has 0 saturated carbocycles. The minimum absolute atomic E-state index is 0.0953. The maximum atomic E-state index is 9.15. The van der Waals surface area contributed by atoms with Gasteiger partial charge in [-0.25, -0.2) is 9.97 Å². The molecule has 0 bridgehead atoms. The monoisotopic (exact) mass is 299 g/mol. The largest absolute Gasteiger partial charge is 0.390 e. The second-order valence-corrected chi connectivity index (χ2v) is 5.38. The van der Waals surface area contributed by atoms with Gasteiger partial charge < -0.3 is 10.0 Å². The molecule has 8 heteroatoms. The molecule has 1 aliphatic heterocycles. The van der Waals surface area contributed by atoms with Crippen molar-refractivity contribution in [2.45, 2.75) is 26.0 Å². The fourth-order valence-electron chi connectivity index (χ4n) is 2.81. The molecule has 1 atom stereocenters. The molecule has 0 amide bonds. The van der Waals surface area contributed by atoms with Crippen LogP contribution in [0.4, 0.5) is 5.82 Å². The van der Waals surface area contributed by atoms with Crippen molar-refractivity contribution in [3.8, 4) is 6.07 Å². The van der Waals surface area contributed by atoms with Crippen LogP contribution >= 0.6 is 0 Å². The summed E-state index contributed by atoms with van der Waals surface area (Å²) in [6.45, 7) is 2.33. The van der Waals surface area contributed by atoms with Gasteiger partial charge in [0.15, 0.2) is 11.5 Å². The van der Waals surface area contributed by atoms with Crippen molar-refractivity contribution in [3.05, 3.63) is 30.0 Å². The van der Waals surface area contributed by atoms with E-state index in [2.05, 4.69) is 31.2 Å². The average Bonchev–Trinajstić information content (AvgIpc) is 3.02. The van der Waals surface area contributed by atoms with Gasteiger partial charge in [-0.15, -0.1) is 5.10 Å². The maximum absolute atomic E-state index is 9.15. The van der Waals surface area contributed by atoms with Crippen LogP contribution in [0, 0.1) is 17.2 Å². The number of nitriles is 1. The van der Waals surface area contributed by atoms with E-state index < -0.39 is 0 Å². The number of piperidine rings is 1. The third-order valence-corrected chi connectivity index (χ3v) is 3.80. The van der Waals surface area contributed by atoms with Gasteiger partial charge in [-0.05, 0) is 18.8 Å². The molecule has 0 aromatic carbocycles. The van der Waals surface area contributed by atoms with Gasteiger partial charge in [0.1, 0.15) is 11.8 Å². The van der Waals surface area contributed by atoms with Crippen LogP contribution in [0.5, 0.6) is 0 Å². The smallest absolute Gasteiger partial charge is 0.183 e. The normalized spacial score (nSPS) is 18.2. The molecule has 114 valence electrons. The highest BCUT2D eigenvalue weighted by atomic mass is 16.3. The summed E-state index contributed by atoms with van der Waals surface area (Å²) in [7, 11) is 0. The van der Waals surface area contributed by atoms with Gasteiger partial charge in [-0.2, -0.15) is 5.26 Å². The molecule has 3 heterocycles. The van der Waals surface area contributed by atoms with Gasteiger partial charge in [0.2, 0.25) is 0 Å². The third kappa shape index (κ3) is 3.04. The van der Waals surface area contributed by atoms with E-state index in [9.17, 15) is 0 Å². The molecule has 3 rings (SSSR count). The Morgan fingerprint density at radius 1 is 1.36 bits per heavy atom. The lowest BCUT2D eigenvalue weighted by Crippen LogP contribution is -2.38. The zero-order chi connectivity index (χ0) is 15.4. The van der Waals surface area contributed by atoms with Gasteiger partial charge in [0, 0.05) is 32.0 Å². The number of hydrogen-bond acceptors (Lipinski definition) is 7. The molecule has 0 spiro atoms. The Morgan fingerprint density at radius 3 is 3.00 bits per heavy atom. The molecular weight excluding hydrogens is 282 g/mol. The van der Waals surface area contributed by atoms with Gasteiger partial charge >= 0.3 is 0 Å². The van der Waals surface area contributed by atoms with Gasteiger partial charge in [0.05, 0.1) is 12.8 Å². The molecule has 1 unspecified atom stereocenters. The Bertz CT molecular complexity index is 678. The summed E-state index contributed by atoms with van der Waals surface area (Å²) >= 11 is 0. The summed E-state index contributed by atoms with van der Waals surface area (Å²) in [4.78, 5) is 10.5. The molecule has 0 radical (unpaired) electrons. The summed E-state index contributed by atoms with van der Waals surface area (Å²) in [5.41, 5.74) is 0.944. The minimum Gasteiger partial charge on any atom is -0.390 e. The highest BCUT2D eigenvalue weighted by molar-refractivity contribution is 5.49. The number of anilines is 1. The fraction of sp³-hybridized carbons (Fsp3) is 0.500. The van der Waals surface area contributed by atoms with Crippen LogP contribution in [-0.2, 0) is 13.2 Å². The Labute approximate surface area is 128 Å². The maximum Gasteiger partial charge on any atom is 0.183 e. The highest BCUT2D eigenvalue weighted by Crippen LogP contribution is 2.24. The topological polar surface area (TPSA) is 104 Å². The summed E-state index contributed by atoms with van der Waals surface area (Å²) < 4.78 is 1.77. The summed E-state index contributed by atoms with van der Waals surface area (Å²) in [6.07, 6.45) is 7.04. The van der Waals surface area contributed by atoms with E-state index in [1.165, 1.54) is 6.20 Å². The summed E-state index contributed by atoms with van der Waals surface area (Å²) in [5, 5.41) is 26.1.